The molecule has 0 aliphatic carbocycles. The standard InChI is InChI=1S/C20H21BrN4OS/c1-20(2,3)15-7-5-13(6-8-15)18-23-24-19(27)25(18)22-12-14-11-16(21)9-10-17(14)26-4/h5-12H,1-4H3,(H,24,27). The molecule has 7 heteroatoms. The van der Waals surface area contributed by atoms with Gasteiger partial charge in [-0.05, 0) is 41.4 Å². The van der Waals surface area contributed by atoms with Gasteiger partial charge in [-0.25, -0.2) is 5.10 Å². The van der Waals surface area contributed by atoms with Gasteiger partial charge in [0.1, 0.15) is 5.75 Å². The summed E-state index contributed by atoms with van der Waals surface area (Å²) < 4.78 is 8.37. The van der Waals surface area contributed by atoms with Crippen LogP contribution < -0.4 is 4.74 Å². The first-order chi connectivity index (χ1) is 12.8. The molecule has 0 fully saturated rings. The second kappa shape index (κ2) is 7.78. The van der Waals surface area contributed by atoms with Crippen LogP contribution in [0.3, 0.4) is 0 Å². The van der Waals surface area contributed by atoms with Gasteiger partial charge in [-0.15, -0.1) is 0 Å². The minimum absolute atomic E-state index is 0.0959. The molecule has 0 aliphatic heterocycles. The highest BCUT2D eigenvalue weighted by atomic mass is 79.9. The quantitative estimate of drug-likeness (QED) is 0.423. The summed E-state index contributed by atoms with van der Waals surface area (Å²) in [4.78, 5) is 0. The maximum atomic E-state index is 5.39. The topological polar surface area (TPSA) is 55.2 Å². The zero-order valence-electron chi connectivity index (χ0n) is 15.7. The maximum absolute atomic E-state index is 5.39. The highest BCUT2D eigenvalue weighted by molar-refractivity contribution is 9.10. The van der Waals surface area contributed by atoms with Gasteiger partial charge in [-0.1, -0.05) is 61.0 Å². The van der Waals surface area contributed by atoms with E-state index in [-0.39, 0.29) is 5.41 Å². The largest absolute Gasteiger partial charge is 0.496 e. The number of aromatic amines is 1. The van der Waals surface area contributed by atoms with E-state index in [9.17, 15) is 0 Å². The second-order valence-electron chi connectivity index (χ2n) is 7.12. The van der Waals surface area contributed by atoms with Crippen LogP contribution >= 0.6 is 28.1 Å². The average Bonchev–Trinajstić information content (AvgIpc) is 3.00. The normalized spacial score (nSPS) is 11.9. The Balaban J connectivity index is 1.99. The number of methoxy groups -OCH3 is 1. The molecule has 0 saturated heterocycles. The molecule has 1 N–H and O–H groups in total. The van der Waals surface area contributed by atoms with Crippen molar-refractivity contribution in [1.82, 2.24) is 14.9 Å². The number of rotatable bonds is 4. The Hall–Kier alpha value is -2.25. The van der Waals surface area contributed by atoms with Gasteiger partial charge in [0.15, 0.2) is 5.82 Å². The monoisotopic (exact) mass is 444 g/mol. The summed E-state index contributed by atoms with van der Waals surface area (Å²) in [5.74, 6) is 1.39. The molecule has 5 nitrogen and oxygen atoms in total. The Kier molecular flexibility index (Phi) is 5.62. The lowest BCUT2D eigenvalue weighted by Gasteiger charge is -2.18. The smallest absolute Gasteiger partial charge is 0.216 e. The highest BCUT2D eigenvalue weighted by Gasteiger charge is 2.15. The van der Waals surface area contributed by atoms with Gasteiger partial charge in [0.2, 0.25) is 4.77 Å². The molecule has 0 amide bonds. The van der Waals surface area contributed by atoms with Crippen molar-refractivity contribution in [3.8, 4) is 17.1 Å². The van der Waals surface area contributed by atoms with Crippen LogP contribution in [0.15, 0.2) is 52.0 Å². The van der Waals surface area contributed by atoms with Crippen LogP contribution in [-0.2, 0) is 5.41 Å². The average molecular weight is 445 g/mol. The number of halogens is 1. The minimum Gasteiger partial charge on any atom is -0.496 e. The number of ether oxygens (including phenoxy) is 1. The number of H-pyrrole nitrogens is 1. The summed E-state index contributed by atoms with van der Waals surface area (Å²) in [6.07, 6.45) is 1.71. The fraction of sp³-hybridized carbons (Fsp3) is 0.250. The van der Waals surface area contributed by atoms with E-state index < -0.39 is 0 Å². The number of hydrogen-bond acceptors (Lipinski definition) is 4. The lowest BCUT2D eigenvalue weighted by atomic mass is 9.87. The molecule has 0 aliphatic rings. The van der Waals surface area contributed by atoms with Crippen molar-refractivity contribution < 1.29 is 4.74 Å². The molecular formula is C20H21BrN4OS. The lowest BCUT2D eigenvalue weighted by molar-refractivity contribution is 0.414. The molecular weight excluding hydrogens is 424 g/mol. The van der Waals surface area contributed by atoms with E-state index in [4.69, 9.17) is 17.0 Å². The summed E-state index contributed by atoms with van der Waals surface area (Å²) in [6.45, 7) is 6.56. The molecule has 27 heavy (non-hydrogen) atoms. The van der Waals surface area contributed by atoms with Gasteiger partial charge in [0.25, 0.3) is 0 Å². The predicted octanol–water partition coefficient (Wildman–Crippen LogP) is 5.56. The first kappa shape index (κ1) is 19.5. The molecule has 0 atom stereocenters. The van der Waals surface area contributed by atoms with E-state index in [1.54, 1.807) is 18.0 Å². The first-order valence-electron chi connectivity index (χ1n) is 8.46. The van der Waals surface area contributed by atoms with Crippen LogP contribution in [0.5, 0.6) is 5.75 Å². The molecule has 3 rings (SSSR count). The SMILES string of the molecule is COc1ccc(Br)cc1C=Nn1c(-c2ccc(C(C)(C)C)cc2)n[nH]c1=S. The Bertz CT molecular complexity index is 1030. The second-order valence-corrected chi connectivity index (χ2v) is 8.42. The summed E-state index contributed by atoms with van der Waals surface area (Å²) in [5.41, 5.74) is 3.13. The number of hydrogen-bond donors (Lipinski definition) is 1. The van der Waals surface area contributed by atoms with E-state index in [0.29, 0.717) is 10.6 Å². The van der Waals surface area contributed by atoms with Crippen molar-refractivity contribution in [2.24, 2.45) is 5.10 Å². The summed E-state index contributed by atoms with van der Waals surface area (Å²) in [7, 11) is 1.63. The van der Waals surface area contributed by atoms with Crippen LogP contribution in [0.1, 0.15) is 31.9 Å². The van der Waals surface area contributed by atoms with Crippen molar-refractivity contribution in [3.63, 3.8) is 0 Å². The van der Waals surface area contributed by atoms with Gasteiger partial charge >= 0.3 is 0 Å². The Morgan fingerprint density at radius 1 is 1.19 bits per heavy atom. The maximum Gasteiger partial charge on any atom is 0.216 e. The van der Waals surface area contributed by atoms with Crippen LogP contribution in [0.2, 0.25) is 0 Å². The van der Waals surface area contributed by atoms with Crippen LogP contribution in [0, 0.1) is 4.77 Å². The molecule has 0 spiro atoms. The van der Waals surface area contributed by atoms with Crippen LogP contribution in [0.4, 0.5) is 0 Å². The summed E-state index contributed by atoms with van der Waals surface area (Å²) >= 11 is 8.82. The van der Waals surface area contributed by atoms with Crippen molar-refractivity contribution in [2.75, 3.05) is 7.11 Å². The minimum atomic E-state index is 0.0959. The van der Waals surface area contributed by atoms with Gasteiger partial charge in [0.05, 0.1) is 13.3 Å². The number of nitrogens with zero attached hydrogens (tertiary/aromatic N) is 3. The fourth-order valence-electron chi connectivity index (χ4n) is 2.63. The molecule has 3 aromatic rings. The molecule has 0 saturated carbocycles. The highest BCUT2D eigenvalue weighted by Crippen LogP contribution is 2.26. The molecule has 0 radical (unpaired) electrons. The molecule has 140 valence electrons. The van der Waals surface area contributed by atoms with Crippen molar-refractivity contribution in [1.29, 1.82) is 0 Å². The number of nitrogens with one attached hydrogen (secondary N) is 1. The zero-order valence-corrected chi connectivity index (χ0v) is 18.1. The molecule has 1 aromatic heterocycles. The molecule has 1 heterocycles. The third-order valence-electron chi connectivity index (χ3n) is 4.16. The van der Waals surface area contributed by atoms with E-state index in [0.717, 1.165) is 21.3 Å². The van der Waals surface area contributed by atoms with Gasteiger partial charge in [-0.3, -0.25) is 0 Å². The third-order valence-corrected chi connectivity index (χ3v) is 4.92. The summed E-state index contributed by atoms with van der Waals surface area (Å²) in [5, 5.41) is 11.7. The van der Waals surface area contributed by atoms with Crippen molar-refractivity contribution in [3.05, 3.63) is 62.8 Å². The van der Waals surface area contributed by atoms with Gasteiger partial charge in [-0.2, -0.15) is 14.9 Å². The predicted molar refractivity (Wildman–Crippen MR) is 115 cm³/mol. The van der Waals surface area contributed by atoms with Crippen LogP contribution in [-0.4, -0.2) is 28.2 Å². The lowest BCUT2D eigenvalue weighted by Crippen LogP contribution is -2.10. The van der Waals surface area contributed by atoms with Crippen molar-refractivity contribution in [2.45, 2.75) is 26.2 Å². The Morgan fingerprint density at radius 3 is 2.52 bits per heavy atom. The number of aromatic nitrogens is 3. The van der Waals surface area contributed by atoms with E-state index in [1.165, 1.54) is 5.56 Å². The van der Waals surface area contributed by atoms with E-state index in [1.807, 2.05) is 30.3 Å². The fourth-order valence-corrected chi connectivity index (χ4v) is 3.19. The van der Waals surface area contributed by atoms with E-state index >= 15 is 0 Å². The Labute approximate surface area is 172 Å². The van der Waals surface area contributed by atoms with E-state index in [2.05, 4.69) is 64.1 Å². The molecule has 2 aromatic carbocycles. The van der Waals surface area contributed by atoms with Gasteiger partial charge in [0, 0.05) is 15.6 Å². The van der Waals surface area contributed by atoms with Crippen LogP contribution in [0.25, 0.3) is 11.4 Å². The summed E-state index contributed by atoms with van der Waals surface area (Å²) in [6, 6.07) is 14.0. The Morgan fingerprint density at radius 2 is 1.89 bits per heavy atom. The molecule has 0 unspecified atom stereocenters. The molecule has 0 bridgehead atoms. The zero-order chi connectivity index (χ0) is 19.6. The van der Waals surface area contributed by atoms with Gasteiger partial charge < -0.3 is 4.74 Å². The van der Waals surface area contributed by atoms with Crippen molar-refractivity contribution >= 4 is 34.4 Å². The first-order valence-corrected chi connectivity index (χ1v) is 9.66. The third kappa shape index (κ3) is 4.36. The number of benzene rings is 2.